The summed E-state index contributed by atoms with van der Waals surface area (Å²) in [4.78, 5) is 4.32. The smallest absolute Gasteiger partial charge is 0.146 e. The average Bonchev–Trinajstić information content (AvgIpc) is 2.84. The van der Waals surface area contributed by atoms with E-state index in [1.807, 2.05) is 41.1 Å². The predicted octanol–water partition coefficient (Wildman–Crippen LogP) is 2.42. The van der Waals surface area contributed by atoms with Crippen LogP contribution in [-0.2, 0) is 0 Å². The second kappa shape index (κ2) is 4.07. The number of rotatable bonds is 2. The highest BCUT2D eigenvalue weighted by atomic mass is 16.5. The number of benzene rings is 1. The van der Waals surface area contributed by atoms with Crippen molar-refractivity contribution in [3.63, 3.8) is 0 Å². The molecule has 2 aromatic heterocycles. The van der Waals surface area contributed by atoms with Crippen molar-refractivity contribution in [3.8, 4) is 11.4 Å². The van der Waals surface area contributed by atoms with Crippen molar-refractivity contribution in [1.29, 1.82) is 0 Å². The van der Waals surface area contributed by atoms with E-state index in [4.69, 9.17) is 10.5 Å². The highest BCUT2D eigenvalue weighted by Crippen LogP contribution is 2.23. The summed E-state index contributed by atoms with van der Waals surface area (Å²) in [6.45, 7) is 0. The van der Waals surface area contributed by atoms with Crippen molar-refractivity contribution < 1.29 is 4.74 Å². The van der Waals surface area contributed by atoms with Crippen molar-refractivity contribution in [3.05, 3.63) is 48.8 Å². The van der Waals surface area contributed by atoms with Gasteiger partial charge in [-0.1, -0.05) is 0 Å². The fourth-order valence-corrected chi connectivity index (χ4v) is 1.96. The van der Waals surface area contributed by atoms with Gasteiger partial charge < -0.3 is 15.0 Å². The zero-order valence-electron chi connectivity index (χ0n) is 9.92. The summed E-state index contributed by atoms with van der Waals surface area (Å²) >= 11 is 0. The standard InChI is InChI=1S/C14H12N3O/c1-18-11-4-2-10(3-5-11)17-9-7-12-13(15)6-8-16-14(12)17/h2-5,7-9H,1H3,(H2,15,16). The summed E-state index contributed by atoms with van der Waals surface area (Å²) in [6, 6.07) is 12.6. The Morgan fingerprint density at radius 1 is 1.22 bits per heavy atom. The van der Waals surface area contributed by atoms with Crippen LogP contribution >= 0.6 is 0 Å². The topological polar surface area (TPSA) is 53.1 Å². The van der Waals surface area contributed by atoms with Crippen LogP contribution in [0.15, 0.2) is 42.7 Å². The van der Waals surface area contributed by atoms with Gasteiger partial charge in [0.2, 0.25) is 0 Å². The molecule has 0 bridgehead atoms. The lowest BCUT2D eigenvalue weighted by Crippen LogP contribution is -1.95. The first-order chi connectivity index (χ1) is 8.79. The number of anilines is 1. The minimum Gasteiger partial charge on any atom is -0.497 e. The van der Waals surface area contributed by atoms with Crippen LogP contribution in [0.4, 0.5) is 5.69 Å². The zero-order valence-corrected chi connectivity index (χ0v) is 9.92. The van der Waals surface area contributed by atoms with Gasteiger partial charge in [0.1, 0.15) is 11.4 Å². The molecule has 1 radical (unpaired) electrons. The van der Waals surface area contributed by atoms with Crippen molar-refractivity contribution >= 4 is 16.7 Å². The first-order valence-electron chi connectivity index (χ1n) is 5.57. The van der Waals surface area contributed by atoms with E-state index >= 15 is 0 Å². The van der Waals surface area contributed by atoms with Gasteiger partial charge >= 0.3 is 0 Å². The average molecular weight is 238 g/mol. The molecule has 0 saturated carbocycles. The van der Waals surface area contributed by atoms with Gasteiger partial charge in [0, 0.05) is 29.5 Å². The zero-order chi connectivity index (χ0) is 12.5. The van der Waals surface area contributed by atoms with E-state index in [-0.39, 0.29) is 0 Å². The molecule has 0 aliphatic rings. The number of hydrogen-bond donors (Lipinski definition) is 1. The van der Waals surface area contributed by atoms with Gasteiger partial charge in [-0.3, -0.25) is 0 Å². The minimum atomic E-state index is 0.618. The molecule has 0 spiro atoms. The Kier molecular flexibility index (Phi) is 2.41. The Hall–Kier alpha value is -2.49. The summed E-state index contributed by atoms with van der Waals surface area (Å²) < 4.78 is 7.13. The van der Waals surface area contributed by atoms with E-state index in [9.17, 15) is 0 Å². The second-order valence-electron chi connectivity index (χ2n) is 3.94. The van der Waals surface area contributed by atoms with Crippen LogP contribution in [-0.4, -0.2) is 16.7 Å². The van der Waals surface area contributed by atoms with Crippen LogP contribution in [0.5, 0.6) is 5.75 Å². The number of aromatic nitrogens is 2. The van der Waals surface area contributed by atoms with Gasteiger partial charge in [0.25, 0.3) is 0 Å². The molecule has 2 N–H and O–H groups in total. The number of hydrogen-bond acceptors (Lipinski definition) is 3. The third-order valence-corrected chi connectivity index (χ3v) is 2.91. The third-order valence-electron chi connectivity index (χ3n) is 2.91. The van der Waals surface area contributed by atoms with E-state index in [0.717, 1.165) is 22.5 Å². The Bertz CT molecular complexity index is 686. The normalized spacial score (nSPS) is 10.7. The maximum atomic E-state index is 5.86. The van der Waals surface area contributed by atoms with Crippen LogP contribution in [0.25, 0.3) is 16.7 Å². The van der Waals surface area contributed by atoms with Gasteiger partial charge in [0.05, 0.1) is 12.8 Å². The number of pyridine rings is 1. The molecule has 3 rings (SSSR count). The Balaban J connectivity index is 2.16. The van der Waals surface area contributed by atoms with Crippen LogP contribution < -0.4 is 10.5 Å². The maximum absolute atomic E-state index is 5.86. The van der Waals surface area contributed by atoms with E-state index in [1.165, 1.54) is 0 Å². The predicted molar refractivity (Wildman–Crippen MR) is 70.9 cm³/mol. The lowest BCUT2D eigenvalue weighted by Gasteiger charge is -2.06. The summed E-state index contributed by atoms with van der Waals surface area (Å²) in [5, 5.41) is 0.910. The van der Waals surface area contributed by atoms with E-state index in [2.05, 4.69) is 11.1 Å². The maximum Gasteiger partial charge on any atom is 0.146 e. The minimum absolute atomic E-state index is 0.618. The number of ether oxygens (including phenoxy) is 1. The number of methoxy groups -OCH3 is 1. The molecule has 0 amide bonds. The second-order valence-corrected chi connectivity index (χ2v) is 3.94. The number of nitrogens with zero attached hydrogens (tertiary/aromatic N) is 2. The summed E-state index contributed by atoms with van der Waals surface area (Å²) in [5.74, 6) is 0.830. The van der Waals surface area contributed by atoms with Crippen LogP contribution in [0.3, 0.4) is 0 Å². The van der Waals surface area contributed by atoms with Crippen molar-refractivity contribution in [1.82, 2.24) is 9.55 Å². The molecule has 0 saturated heterocycles. The van der Waals surface area contributed by atoms with Gasteiger partial charge in [-0.25, -0.2) is 4.98 Å². The molecule has 2 heterocycles. The Morgan fingerprint density at radius 3 is 2.72 bits per heavy atom. The van der Waals surface area contributed by atoms with E-state index < -0.39 is 0 Å². The van der Waals surface area contributed by atoms with Crippen molar-refractivity contribution in [2.24, 2.45) is 0 Å². The molecule has 1 aromatic carbocycles. The van der Waals surface area contributed by atoms with Crippen molar-refractivity contribution in [2.45, 2.75) is 0 Å². The molecular formula is C14H12N3O. The van der Waals surface area contributed by atoms with Gasteiger partial charge in [-0.15, -0.1) is 0 Å². The van der Waals surface area contributed by atoms with Crippen LogP contribution in [0.1, 0.15) is 0 Å². The Morgan fingerprint density at radius 2 is 2.00 bits per heavy atom. The quantitative estimate of drug-likeness (QED) is 0.746. The van der Waals surface area contributed by atoms with E-state index in [1.54, 1.807) is 13.3 Å². The molecule has 4 nitrogen and oxygen atoms in total. The van der Waals surface area contributed by atoms with Gasteiger partial charge in [-0.2, -0.15) is 0 Å². The fourth-order valence-electron chi connectivity index (χ4n) is 1.96. The first kappa shape index (κ1) is 10.7. The first-order valence-corrected chi connectivity index (χ1v) is 5.57. The summed E-state index contributed by atoms with van der Waals surface area (Å²) in [6.07, 6.45) is 3.54. The lowest BCUT2D eigenvalue weighted by atomic mass is 10.3. The SMILES string of the molecule is COc1ccc(-n2ccc3c(N)[c]cnc32)cc1. The molecular weight excluding hydrogens is 226 g/mol. The highest BCUT2D eigenvalue weighted by molar-refractivity contribution is 5.89. The van der Waals surface area contributed by atoms with Crippen LogP contribution in [0, 0.1) is 6.07 Å². The molecule has 89 valence electrons. The van der Waals surface area contributed by atoms with E-state index in [0.29, 0.717) is 5.69 Å². The number of nitrogen functional groups attached to an aromatic ring is 1. The summed E-state index contributed by atoms with van der Waals surface area (Å²) in [7, 11) is 1.65. The molecule has 0 aliphatic carbocycles. The monoisotopic (exact) mass is 238 g/mol. The molecule has 18 heavy (non-hydrogen) atoms. The van der Waals surface area contributed by atoms with Gasteiger partial charge in [0.15, 0.2) is 0 Å². The molecule has 0 unspecified atom stereocenters. The van der Waals surface area contributed by atoms with Crippen LogP contribution in [0.2, 0.25) is 0 Å². The molecule has 0 atom stereocenters. The fraction of sp³-hybridized carbons (Fsp3) is 0.0714. The Labute approximate surface area is 105 Å². The van der Waals surface area contributed by atoms with Crippen molar-refractivity contribution in [2.75, 3.05) is 12.8 Å². The number of nitrogens with two attached hydrogens (primary N) is 1. The lowest BCUT2D eigenvalue weighted by molar-refractivity contribution is 0.415. The molecule has 0 aliphatic heterocycles. The third kappa shape index (κ3) is 1.59. The molecule has 3 aromatic rings. The number of fused-ring (bicyclic) bond motifs is 1. The largest absolute Gasteiger partial charge is 0.497 e. The molecule has 0 fully saturated rings. The molecule has 4 heteroatoms. The summed E-state index contributed by atoms with van der Waals surface area (Å²) in [5.41, 5.74) is 8.33. The highest BCUT2D eigenvalue weighted by Gasteiger charge is 2.06. The van der Waals surface area contributed by atoms with Gasteiger partial charge in [-0.05, 0) is 30.3 Å².